The third-order valence-corrected chi connectivity index (χ3v) is 7.17. The molecule has 3 aliphatic rings. The van der Waals surface area contributed by atoms with Crippen LogP contribution in [0.3, 0.4) is 0 Å². The van der Waals surface area contributed by atoms with Gasteiger partial charge in [0.05, 0.1) is 26.9 Å². The van der Waals surface area contributed by atoms with Gasteiger partial charge in [0.2, 0.25) is 0 Å². The van der Waals surface area contributed by atoms with Gasteiger partial charge in [0.1, 0.15) is 17.1 Å². The lowest BCUT2D eigenvalue weighted by Crippen LogP contribution is -2.52. The number of methoxy groups -OCH3 is 1. The molecule has 4 heterocycles. The smallest absolute Gasteiger partial charge is 0.322 e. The quantitative estimate of drug-likeness (QED) is 0.152. The standard InChI is InChI=1S/C26H25N5O7/c1-36-18-4-2-16-13-31(23(32)19(16)12-18)14-26(24(33)27-25(34)28-26)21-11-17-10-15(3-5-20(17)38-21)22(29-35)30-6-8-37-9-7-30/h2-5,10-12,35H,6-9,13-14H2,1H3,(H2,27,28,33,34)/t26-/m0/s1. The molecular weight excluding hydrogens is 494 g/mol. The number of benzene rings is 2. The minimum Gasteiger partial charge on any atom is -0.497 e. The summed E-state index contributed by atoms with van der Waals surface area (Å²) in [6, 6.07) is 11.5. The summed E-state index contributed by atoms with van der Waals surface area (Å²) in [6.45, 7) is 2.36. The van der Waals surface area contributed by atoms with E-state index in [0.717, 1.165) is 5.56 Å². The highest BCUT2D eigenvalue weighted by atomic mass is 16.5. The third kappa shape index (κ3) is 3.80. The summed E-state index contributed by atoms with van der Waals surface area (Å²) in [7, 11) is 1.52. The number of urea groups is 1. The van der Waals surface area contributed by atoms with E-state index in [1.54, 1.807) is 36.4 Å². The predicted molar refractivity (Wildman–Crippen MR) is 133 cm³/mol. The van der Waals surface area contributed by atoms with Crippen LogP contribution in [-0.2, 0) is 21.6 Å². The Morgan fingerprint density at radius 2 is 1.95 bits per heavy atom. The van der Waals surface area contributed by atoms with Gasteiger partial charge in [-0.25, -0.2) is 4.79 Å². The second-order valence-corrected chi connectivity index (χ2v) is 9.38. The average molecular weight is 520 g/mol. The first kappa shape index (κ1) is 23.8. The molecule has 1 atom stereocenters. The van der Waals surface area contributed by atoms with Crippen LogP contribution in [-0.4, -0.2) is 78.6 Å². The number of furan rings is 1. The third-order valence-electron chi connectivity index (χ3n) is 7.17. The predicted octanol–water partition coefficient (Wildman–Crippen LogP) is 1.60. The van der Waals surface area contributed by atoms with Crippen LogP contribution in [0.1, 0.15) is 27.2 Å². The van der Waals surface area contributed by atoms with Gasteiger partial charge in [-0.2, -0.15) is 0 Å². The maximum absolute atomic E-state index is 13.2. The second-order valence-electron chi connectivity index (χ2n) is 9.38. The molecule has 3 aliphatic heterocycles. The Kier molecular flexibility index (Phi) is 5.68. The Morgan fingerprint density at radius 1 is 1.13 bits per heavy atom. The van der Waals surface area contributed by atoms with Crippen molar-refractivity contribution in [3.05, 3.63) is 64.9 Å². The van der Waals surface area contributed by atoms with Crippen LogP contribution in [0.4, 0.5) is 4.79 Å². The number of carbonyl (C=O) groups excluding carboxylic acids is 3. The van der Waals surface area contributed by atoms with Crippen molar-refractivity contribution in [3.63, 3.8) is 0 Å². The Morgan fingerprint density at radius 3 is 2.66 bits per heavy atom. The number of hydrogen-bond acceptors (Lipinski definition) is 8. The van der Waals surface area contributed by atoms with Crippen molar-refractivity contribution in [2.24, 2.45) is 5.16 Å². The molecule has 2 saturated heterocycles. The zero-order chi connectivity index (χ0) is 26.4. The maximum atomic E-state index is 13.2. The average Bonchev–Trinajstić information content (AvgIpc) is 3.58. The lowest BCUT2D eigenvalue weighted by molar-refractivity contribution is -0.125. The molecule has 3 aromatic rings. The number of imide groups is 1. The van der Waals surface area contributed by atoms with Crippen molar-refractivity contribution >= 4 is 34.7 Å². The first-order valence-corrected chi connectivity index (χ1v) is 12.1. The van der Waals surface area contributed by atoms with Gasteiger partial charge in [-0.3, -0.25) is 14.9 Å². The number of nitrogens with zero attached hydrogens (tertiary/aromatic N) is 3. The van der Waals surface area contributed by atoms with Crippen molar-refractivity contribution < 1.29 is 33.5 Å². The van der Waals surface area contributed by atoms with Gasteiger partial charge in [-0.1, -0.05) is 11.2 Å². The molecule has 3 N–H and O–H groups in total. The van der Waals surface area contributed by atoms with E-state index in [2.05, 4.69) is 15.8 Å². The van der Waals surface area contributed by atoms with Crippen LogP contribution in [0.15, 0.2) is 52.0 Å². The minimum atomic E-state index is -1.63. The van der Waals surface area contributed by atoms with Gasteiger partial charge >= 0.3 is 6.03 Å². The Hall–Kier alpha value is -4.58. The summed E-state index contributed by atoms with van der Waals surface area (Å²) < 4.78 is 16.7. The number of amidine groups is 1. The monoisotopic (exact) mass is 519 g/mol. The van der Waals surface area contributed by atoms with Gasteiger partial charge in [-0.15, -0.1) is 0 Å². The Bertz CT molecular complexity index is 1490. The molecule has 196 valence electrons. The highest BCUT2D eigenvalue weighted by molar-refractivity contribution is 6.08. The van der Waals surface area contributed by atoms with E-state index in [9.17, 15) is 19.6 Å². The number of amides is 4. The van der Waals surface area contributed by atoms with Crippen LogP contribution in [0, 0.1) is 0 Å². The number of oxime groups is 1. The molecule has 2 fully saturated rings. The van der Waals surface area contributed by atoms with Gasteiger partial charge in [-0.05, 0) is 42.0 Å². The summed E-state index contributed by atoms with van der Waals surface area (Å²) in [5.74, 6) is 0.240. The molecular formula is C26H25N5O7. The molecule has 6 rings (SSSR count). The second kappa shape index (κ2) is 9.06. The molecule has 0 saturated carbocycles. The van der Waals surface area contributed by atoms with E-state index >= 15 is 0 Å². The molecule has 0 radical (unpaired) electrons. The number of nitrogens with one attached hydrogen (secondary N) is 2. The van der Waals surface area contributed by atoms with Crippen LogP contribution < -0.4 is 15.4 Å². The molecule has 12 nitrogen and oxygen atoms in total. The van der Waals surface area contributed by atoms with Gasteiger partial charge in [0.25, 0.3) is 11.8 Å². The maximum Gasteiger partial charge on any atom is 0.322 e. The molecule has 0 unspecified atom stereocenters. The van der Waals surface area contributed by atoms with Crippen molar-refractivity contribution in [1.29, 1.82) is 0 Å². The summed E-state index contributed by atoms with van der Waals surface area (Å²) in [4.78, 5) is 42.2. The highest BCUT2D eigenvalue weighted by Gasteiger charge is 2.53. The van der Waals surface area contributed by atoms with Gasteiger partial charge in [0.15, 0.2) is 11.4 Å². The number of rotatable bonds is 5. The van der Waals surface area contributed by atoms with Gasteiger partial charge in [0, 0.05) is 36.1 Å². The number of carbonyl (C=O) groups is 3. The molecule has 0 bridgehead atoms. The van der Waals surface area contributed by atoms with Crippen molar-refractivity contribution in [2.75, 3.05) is 40.0 Å². The molecule has 2 aromatic carbocycles. The first-order valence-electron chi connectivity index (χ1n) is 12.1. The zero-order valence-corrected chi connectivity index (χ0v) is 20.5. The van der Waals surface area contributed by atoms with E-state index < -0.39 is 17.5 Å². The van der Waals surface area contributed by atoms with E-state index in [1.807, 2.05) is 11.0 Å². The fraction of sp³-hybridized carbons (Fsp3) is 0.308. The van der Waals surface area contributed by atoms with Crippen molar-refractivity contribution in [2.45, 2.75) is 12.1 Å². The minimum absolute atomic E-state index is 0.135. The largest absolute Gasteiger partial charge is 0.497 e. The summed E-state index contributed by atoms with van der Waals surface area (Å²) in [5, 5.41) is 18.8. The van der Waals surface area contributed by atoms with Crippen molar-refractivity contribution in [1.82, 2.24) is 20.4 Å². The molecule has 4 amide bonds. The van der Waals surface area contributed by atoms with Crippen LogP contribution >= 0.6 is 0 Å². The molecule has 1 aromatic heterocycles. The zero-order valence-electron chi connectivity index (χ0n) is 20.5. The molecule has 12 heteroatoms. The number of ether oxygens (including phenoxy) is 2. The van der Waals surface area contributed by atoms with Crippen molar-refractivity contribution in [3.8, 4) is 5.75 Å². The molecule has 0 spiro atoms. The van der Waals surface area contributed by atoms with E-state index in [4.69, 9.17) is 13.9 Å². The lowest BCUT2D eigenvalue weighted by atomic mass is 9.95. The fourth-order valence-electron chi connectivity index (χ4n) is 5.21. The number of morpholine rings is 1. The van der Waals surface area contributed by atoms with Gasteiger partial charge < -0.3 is 34.2 Å². The summed E-state index contributed by atoms with van der Waals surface area (Å²) >= 11 is 0. The number of hydrogen-bond donors (Lipinski definition) is 3. The topological polar surface area (TPSA) is 146 Å². The SMILES string of the molecule is COc1ccc2c(c1)C(=O)N(C[C@@]1(c3cc4cc(C(=NO)N5CCOCC5)ccc4o3)NC(=O)NC1=O)C2. The Labute approximate surface area is 216 Å². The van der Waals surface area contributed by atoms with E-state index in [1.165, 1.54) is 12.0 Å². The lowest BCUT2D eigenvalue weighted by Gasteiger charge is -2.29. The van der Waals surface area contributed by atoms with E-state index in [-0.39, 0.29) is 24.8 Å². The molecule has 0 aliphatic carbocycles. The van der Waals surface area contributed by atoms with Crippen LogP contribution in [0.2, 0.25) is 0 Å². The summed E-state index contributed by atoms with van der Waals surface area (Å²) in [6.07, 6.45) is 0. The summed E-state index contributed by atoms with van der Waals surface area (Å²) in [5.41, 5.74) is 0.775. The van der Waals surface area contributed by atoms with Crippen LogP contribution in [0.5, 0.6) is 5.75 Å². The normalized spacial score (nSPS) is 21.6. The Balaban J connectivity index is 1.35. The highest BCUT2D eigenvalue weighted by Crippen LogP contribution is 2.35. The molecule has 38 heavy (non-hydrogen) atoms. The fourth-order valence-corrected chi connectivity index (χ4v) is 5.21. The van der Waals surface area contributed by atoms with Crippen LogP contribution in [0.25, 0.3) is 11.0 Å². The number of fused-ring (bicyclic) bond motifs is 2. The van der Waals surface area contributed by atoms with E-state index in [0.29, 0.717) is 60.0 Å². The first-order chi connectivity index (χ1) is 18.4.